The van der Waals surface area contributed by atoms with E-state index in [0.717, 1.165) is 32.5 Å². The lowest BCUT2D eigenvalue weighted by Gasteiger charge is -2.28. The Balaban J connectivity index is 2.05. The topological polar surface area (TPSA) is 15.3 Å². The lowest BCUT2D eigenvalue weighted by molar-refractivity contribution is 0.229. The van der Waals surface area contributed by atoms with Gasteiger partial charge in [-0.3, -0.25) is 4.90 Å². The van der Waals surface area contributed by atoms with Gasteiger partial charge in [0.15, 0.2) is 0 Å². The van der Waals surface area contributed by atoms with E-state index in [1.165, 1.54) is 6.07 Å². The van der Waals surface area contributed by atoms with E-state index >= 15 is 0 Å². The van der Waals surface area contributed by atoms with Gasteiger partial charge >= 0.3 is 0 Å². The van der Waals surface area contributed by atoms with Crippen molar-refractivity contribution in [2.75, 3.05) is 19.6 Å². The zero-order valence-corrected chi connectivity index (χ0v) is 13.1. The van der Waals surface area contributed by atoms with Crippen LogP contribution in [0.15, 0.2) is 18.2 Å². The van der Waals surface area contributed by atoms with E-state index in [1.807, 2.05) is 0 Å². The largest absolute Gasteiger partial charge is 0.312 e. The molecule has 1 aliphatic rings. The van der Waals surface area contributed by atoms with E-state index in [9.17, 15) is 4.39 Å². The van der Waals surface area contributed by atoms with Crippen LogP contribution in [-0.4, -0.2) is 30.6 Å². The number of nitrogens with one attached hydrogen (secondary N) is 1. The zero-order chi connectivity index (χ0) is 14.5. The van der Waals surface area contributed by atoms with Crippen molar-refractivity contribution in [2.24, 2.45) is 5.92 Å². The summed E-state index contributed by atoms with van der Waals surface area (Å²) in [5, 5.41) is 4.22. The number of hydrogen-bond donors (Lipinski definition) is 1. The van der Waals surface area contributed by atoms with Gasteiger partial charge in [0.1, 0.15) is 5.82 Å². The number of nitrogens with zero attached hydrogens (tertiary/aromatic N) is 1. The van der Waals surface area contributed by atoms with Crippen LogP contribution in [0.4, 0.5) is 4.39 Å². The molecule has 2 nitrogen and oxygen atoms in total. The molecule has 1 aromatic rings. The van der Waals surface area contributed by atoms with Crippen molar-refractivity contribution in [3.8, 4) is 0 Å². The van der Waals surface area contributed by atoms with Crippen LogP contribution < -0.4 is 5.32 Å². The first-order valence-corrected chi connectivity index (χ1v) is 7.87. The normalized spacial score (nSPS) is 22.5. The quantitative estimate of drug-likeness (QED) is 0.912. The van der Waals surface area contributed by atoms with Gasteiger partial charge in [0.05, 0.1) is 0 Å². The Kier molecular flexibility index (Phi) is 5.82. The van der Waals surface area contributed by atoms with E-state index in [-0.39, 0.29) is 5.82 Å². The van der Waals surface area contributed by atoms with Crippen LogP contribution in [0.5, 0.6) is 0 Å². The first-order valence-electron chi connectivity index (χ1n) is 7.49. The van der Waals surface area contributed by atoms with Crippen molar-refractivity contribution in [2.45, 2.75) is 39.3 Å². The maximum Gasteiger partial charge on any atom is 0.127 e. The van der Waals surface area contributed by atoms with Crippen molar-refractivity contribution in [3.05, 3.63) is 34.6 Å². The van der Waals surface area contributed by atoms with E-state index in [1.54, 1.807) is 12.1 Å². The molecule has 0 radical (unpaired) electrons. The van der Waals surface area contributed by atoms with Crippen LogP contribution in [0.25, 0.3) is 0 Å². The molecule has 1 heterocycles. The van der Waals surface area contributed by atoms with Gasteiger partial charge in [0.25, 0.3) is 0 Å². The second kappa shape index (κ2) is 7.39. The fraction of sp³-hybridized carbons (Fsp3) is 0.625. The fourth-order valence-electron chi connectivity index (χ4n) is 2.74. The van der Waals surface area contributed by atoms with E-state index in [0.29, 0.717) is 29.1 Å². The Labute approximate surface area is 126 Å². The summed E-state index contributed by atoms with van der Waals surface area (Å²) in [4.78, 5) is 2.34. The summed E-state index contributed by atoms with van der Waals surface area (Å²) in [6.07, 6.45) is 2.27. The molecule has 1 saturated heterocycles. The highest BCUT2D eigenvalue weighted by molar-refractivity contribution is 6.30. The van der Waals surface area contributed by atoms with Gasteiger partial charge in [-0.25, -0.2) is 4.39 Å². The lowest BCUT2D eigenvalue weighted by atomic mass is 9.99. The third-order valence-corrected chi connectivity index (χ3v) is 4.48. The third-order valence-electron chi connectivity index (χ3n) is 4.25. The molecule has 2 unspecified atom stereocenters. The predicted octanol–water partition coefficient (Wildman–Crippen LogP) is 3.69. The van der Waals surface area contributed by atoms with E-state index in [4.69, 9.17) is 11.6 Å². The fourth-order valence-corrected chi connectivity index (χ4v) is 2.93. The van der Waals surface area contributed by atoms with E-state index < -0.39 is 0 Å². The molecule has 2 atom stereocenters. The summed E-state index contributed by atoms with van der Waals surface area (Å²) in [7, 11) is 0. The molecule has 2 rings (SSSR count). The number of benzene rings is 1. The zero-order valence-electron chi connectivity index (χ0n) is 12.3. The molecule has 112 valence electrons. The van der Waals surface area contributed by atoms with Crippen LogP contribution in [0.2, 0.25) is 5.02 Å². The lowest BCUT2D eigenvalue weighted by Crippen LogP contribution is -2.41. The summed E-state index contributed by atoms with van der Waals surface area (Å²) in [5.74, 6) is 0.478. The van der Waals surface area contributed by atoms with Crippen molar-refractivity contribution in [1.82, 2.24) is 10.2 Å². The summed E-state index contributed by atoms with van der Waals surface area (Å²) >= 11 is 5.97. The van der Waals surface area contributed by atoms with Crippen molar-refractivity contribution < 1.29 is 4.39 Å². The van der Waals surface area contributed by atoms with Gasteiger partial charge in [0, 0.05) is 29.7 Å². The van der Waals surface area contributed by atoms with Crippen LogP contribution in [-0.2, 0) is 6.54 Å². The summed E-state index contributed by atoms with van der Waals surface area (Å²) in [6.45, 7) is 8.16. The molecule has 20 heavy (non-hydrogen) atoms. The molecule has 0 aliphatic carbocycles. The number of rotatable bonds is 4. The first-order chi connectivity index (χ1) is 9.60. The highest BCUT2D eigenvalue weighted by Crippen LogP contribution is 2.19. The molecule has 4 heteroatoms. The van der Waals surface area contributed by atoms with Gasteiger partial charge in [-0.05, 0) is 43.6 Å². The van der Waals surface area contributed by atoms with Crippen LogP contribution in [0, 0.1) is 11.7 Å². The van der Waals surface area contributed by atoms with Crippen molar-refractivity contribution in [1.29, 1.82) is 0 Å². The first kappa shape index (κ1) is 15.7. The molecule has 0 aromatic heterocycles. The summed E-state index contributed by atoms with van der Waals surface area (Å²) in [5.41, 5.74) is 0.697. The molecule has 0 spiro atoms. The monoisotopic (exact) mass is 298 g/mol. The minimum Gasteiger partial charge on any atom is -0.312 e. The highest BCUT2D eigenvalue weighted by Gasteiger charge is 2.22. The van der Waals surface area contributed by atoms with Gasteiger partial charge in [-0.1, -0.05) is 31.9 Å². The molecule has 0 saturated carbocycles. The Bertz CT molecular complexity index is 438. The van der Waals surface area contributed by atoms with Gasteiger partial charge in [-0.2, -0.15) is 0 Å². The summed E-state index contributed by atoms with van der Waals surface area (Å²) < 4.78 is 13.8. The Morgan fingerprint density at radius 1 is 1.50 bits per heavy atom. The minimum absolute atomic E-state index is 0.160. The second-order valence-corrected chi connectivity index (χ2v) is 6.21. The average molecular weight is 299 g/mol. The van der Waals surface area contributed by atoms with Gasteiger partial charge in [-0.15, -0.1) is 0 Å². The van der Waals surface area contributed by atoms with Crippen molar-refractivity contribution >= 4 is 11.6 Å². The molecule has 1 N–H and O–H groups in total. The van der Waals surface area contributed by atoms with E-state index in [2.05, 4.69) is 24.1 Å². The molecular formula is C16H24ClFN2. The third kappa shape index (κ3) is 4.18. The standard InChI is InChI=1S/C16H24ClFN2/c1-3-12(2)16-11-20(8-4-7-19-16)10-13-9-14(17)5-6-15(13)18/h5-6,9,12,16,19H,3-4,7-8,10-11H2,1-2H3. The molecule has 0 amide bonds. The number of halogens is 2. The molecular weight excluding hydrogens is 275 g/mol. The predicted molar refractivity (Wildman–Crippen MR) is 82.5 cm³/mol. The van der Waals surface area contributed by atoms with Crippen LogP contribution >= 0.6 is 11.6 Å². The highest BCUT2D eigenvalue weighted by atomic mass is 35.5. The van der Waals surface area contributed by atoms with Gasteiger partial charge in [0.2, 0.25) is 0 Å². The van der Waals surface area contributed by atoms with Crippen LogP contribution in [0.3, 0.4) is 0 Å². The van der Waals surface area contributed by atoms with Crippen LogP contribution in [0.1, 0.15) is 32.3 Å². The minimum atomic E-state index is -0.160. The maximum absolute atomic E-state index is 13.8. The maximum atomic E-state index is 13.8. The molecule has 0 bridgehead atoms. The van der Waals surface area contributed by atoms with Gasteiger partial charge < -0.3 is 5.32 Å². The Morgan fingerprint density at radius 2 is 2.30 bits per heavy atom. The molecule has 1 fully saturated rings. The smallest absolute Gasteiger partial charge is 0.127 e. The Hall–Kier alpha value is -0.640. The SMILES string of the molecule is CCC(C)C1CN(Cc2cc(Cl)ccc2F)CCCN1. The number of hydrogen-bond acceptors (Lipinski definition) is 2. The van der Waals surface area contributed by atoms with Crippen molar-refractivity contribution in [3.63, 3.8) is 0 Å². The Morgan fingerprint density at radius 3 is 3.05 bits per heavy atom. The molecule has 1 aliphatic heterocycles. The summed E-state index contributed by atoms with van der Waals surface area (Å²) in [6, 6.07) is 5.30. The molecule has 1 aromatic carbocycles. The average Bonchev–Trinajstić information content (AvgIpc) is 2.67. The second-order valence-electron chi connectivity index (χ2n) is 5.77.